The first-order valence-corrected chi connectivity index (χ1v) is 10.6. The van der Waals surface area contributed by atoms with Gasteiger partial charge in [0.2, 0.25) is 5.95 Å². The number of carbonyl (C=O) groups excluding carboxylic acids is 1. The minimum atomic E-state index is -0.547. The summed E-state index contributed by atoms with van der Waals surface area (Å²) in [6.45, 7) is 1.83. The quantitative estimate of drug-likeness (QED) is 0.412. The third-order valence-electron chi connectivity index (χ3n) is 5.31. The Labute approximate surface area is 194 Å². The first-order chi connectivity index (χ1) is 16.0. The molecule has 1 aliphatic heterocycles. The fourth-order valence-corrected chi connectivity index (χ4v) is 3.93. The van der Waals surface area contributed by atoms with Crippen LogP contribution < -0.4 is 10.6 Å². The van der Waals surface area contributed by atoms with Gasteiger partial charge in [0.05, 0.1) is 17.5 Å². The summed E-state index contributed by atoms with van der Waals surface area (Å²) in [5.41, 5.74) is 3.21. The molecule has 0 bridgehead atoms. The number of hydrogen-bond donors (Lipinski definition) is 3. The molecule has 1 aliphatic rings. The summed E-state index contributed by atoms with van der Waals surface area (Å²) in [5, 5.41) is 21.3. The molecule has 0 saturated carbocycles. The van der Waals surface area contributed by atoms with Crippen molar-refractivity contribution in [2.24, 2.45) is 0 Å². The Morgan fingerprint density at radius 2 is 1.97 bits per heavy atom. The predicted octanol–water partition coefficient (Wildman–Crippen LogP) is 4.63. The van der Waals surface area contributed by atoms with Crippen molar-refractivity contribution in [1.82, 2.24) is 19.7 Å². The molecule has 9 heteroatoms. The largest absolute Gasteiger partial charge is 0.508 e. The van der Waals surface area contributed by atoms with Gasteiger partial charge in [-0.2, -0.15) is 4.98 Å². The van der Waals surface area contributed by atoms with Crippen molar-refractivity contribution in [3.8, 4) is 17.1 Å². The molecule has 0 spiro atoms. The number of halogens is 1. The number of pyridine rings is 1. The van der Waals surface area contributed by atoms with Crippen molar-refractivity contribution in [3.63, 3.8) is 0 Å². The predicted molar refractivity (Wildman–Crippen MR) is 126 cm³/mol. The van der Waals surface area contributed by atoms with Gasteiger partial charge in [0.15, 0.2) is 5.82 Å². The number of hydrogen-bond acceptors (Lipinski definition) is 6. The lowest BCUT2D eigenvalue weighted by molar-refractivity contribution is -0.113. The van der Waals surface area contributed by atoms with E-state index in [1.165, 1.54) is 0 Å². The first-order valence-electron chi connectivity index (χ1n) is 10.2. The monoisotopic (exact) mass is 458 g/mol. The molecule has 0 radical (unpaired) electrons. The summed E-state index contributed by atoms with van der Waals surface area (Å²) in [5.74, 6) is 0.749. The molecular formula is C24H19ClN6O2. The molecule has 33 heavy (non-hydrogen) atoms. The van der Waals surface area contributed by atoms with Gasteiger partial charge in [-0.3, -0.25) is 9.78 Å². The van der Waals surface area contributed by atoms with Gasteiger partial charge in [-0.05, 0) is 48.9 Å². The van der Waals surface area contributed by atoms with Crippen LogP contribution in [0.4, 0.5) is 11.6 Å². The molecule has 0 aliphatic carbocycles. The average Bonchev–Trinajstić information content (AvgIpc) is 3.23. The zero-order chi connectivity index (χ0) is 22.9. The maximum Gasteiger partial charge on any atom is 0.255 e. The molecule has 2 aromatic carbocycles. The number of anilines is 2. The number of aromatic hydroxyl groups is 1. The Hall–Kier alpha value is -4.17. The average molecular weight is 459 g/mol. The Balaban J connectivity index is 1.61. The number of allylic oxidation sites excluding steroid dienone is 1. The van der Waals surface area contributed by atoms with Gasteiger partial charge in [0, 0.05) is 22.5 Å². The zero-order valence-electron chi connectivity index (χ0n) is 17.5. The number of rotatable bonds is 4. The molecule has 1 unspecified atom stereocenters. The minimum absolute atomic E-state index is 0.119. The van der Waals surface area contributed by atoms with Crippen molar-refractivity contribution in [1.29, 1.82) is 0 Å². The van der Waals surface area contributed by atoms with Crippen LogP contribution in [-0.4, -0.2) is 30.8 Å². The summed E-state index contributed by atoms with van der Waals surface area (Å²) < 4.78 is 1.67. The van der Waals surface area contributed by atoms with Gasteiger partial charge in [-0.25, -0.2) is 4.68 Å². The number of phenols is 1. The van der Waals surface area contributed by atoms with E-state index in [9.17, 15) is 9.90 Å². The van der Waals surface area contributed by atoms with Crippen LogP contribution >= 0.6 is 11.6 Å². The van der Waals surface area contributed by atoms with E-state index in [0.29, 0.717) is 39.3 Å². The van der Waals surface area contributed by atoms with Gasteiger partial charge >= 0.3 is 0 Å². The van der Waals surface area contributed by atoms with E-state index in [0.717, 1.165) is 5.56 Å². The van der Waals surface area contributed by atoms with Crippen LogP contribution in [0.3, 0.4) is 0 Å². The molecule has 3 heterocycles. The van der Waals surface area contributed by atoms with E-state index in [4.69, 9.17) is 11.6 Å². The summed E-state index contributed by atoms with van der Waals surface area (Å²) in [6.07, 6.45) is 3.23. The molecule has 5 rings (SSSR count). The van der Waals surface area contributed by atoms with E-state index in [1.807, 2.05) is 25.1 Å². The molecule has 8 nitrogen and oxygen atoms in total. The molecular weight excluding hydrogens is 440 g/mol. The molecule has 0 saturated heterocycles. The van der Waals surface area contributed by atoms with Crippen molar-refractivity contribution >= 4 is 29.1 Å². The second kappa shape index (κ2) is 8.40. The van der Waals surface area contributed by atoms with Crippen LogP contribution in [0.15, 0.2) is 84.3 Å². The van der Waals surface area contributed by atoms with E-state index in [1.54, 1.807) is 59.5 Å². The van der Waals surface area contributed by atoms with Crippen LogP contribution in [0, 0.1) is 0 Å². The zero-order valence-corrected chi connectivity index (χ0v) is 18.3. The molecule has 3 N–H and O–H groups in total. The maximum absolute atomic E-state index is 13.4. The smallest absolute Gasteiger partial charge is 0.255 e. The SMILES string of the molecule is CC1=C(C(=O)Nc2cccnc2)C(c2ccc(Cl)cc2)n2nc(-c3cccc(O)c3)nc2N1. The van der Waals surface area contributed by atoms with Crippen molar-refractivity contribution in [2.45, 2.75) is 13.0 Å². The van der Waals surface area contributed by atoms with Gasteiger partial charge in [0.1, 0.15) is 11.8 Å². The molecule has 164 valence electrons. The number of aromatic nitrogens is 4. The van der Waals surface area contributed by atoms with Crippen molar-refractivity contribution < 1.29 is 9.90 Å². The Bertz CT molecular complexity index is 1370. The Morgan fingerprint density at radius 1 is 1.15 bits per heavy atom. The highest BCUT2D eigenvalue weighted by molar-refractivity contribution is 6.30. The first kappa shape index (κ1) is 20.7. The number of carbonyl (C=O) groups is 1. The number of benzene rings is 2. The second-order valence-corrected chi connectivity index (χ2v) is 8.00. The summed E-state index contributed by atoms with van der Waals surface area (Å²) in [7, 11) is 0. The summed E-state index contributed by atoms with van der Waals surface area (Å²) in [4.78, 5) is 22.1. The van der Waals surface area contributed by atoms with E-state index < -0.39 is 6.04 Å². The number of amides is 1. The number of phenolic OH excluding ortho intramolecular Hbond substituents is 1. The Morgan fingerprint density at radius 3 is 2.70 bits per heavy atom. The lowest BCUT2D eigenvalue weighted by atomic mass is 9.95. The van der Waals surface area contributed by atoms with Gasteiger partial charge in [-0.1, -0.05) is 35.9 Å². The number of nitrogens with one attached hydrogen (secondary N) is 2. The molecule has 0 fully saturated rings. The van der Waals surface area contributed by atoms with Crippen LogP contribution in [-0.2, 0) is 4.79 Å². The second-order valence-electron chi connectivity index (χ2n) is 7.57. The normalized spacial score (nSPS) is 15.0. The highest BCUT2D eigenvalue weighted by Crippen LogP contribution is 2.37. The fraction of sp³-hybridized carbons (Fsp3) is 0.0833. The number of nitrogens with zero attached hydrogens (tertiary/aromatic N) is 4. The molecule has 2 aromatic heterocycles. The molecule has 1 amide bonds. The van der Waals surface area contributed by atoms with Gasteiger partial charge < -0.3 is 15.7 Å². The molecule has 1 atom stereocenters. The number of fused-ring (bicyclic) bond motifs is 1. The van der Waals surface area contributed by atoms with Crippen LogP contribution in [0.25, 0.3) is 11.4 Å². The minimum Gasteiger partial charge on any atom is -0.508 e. The maximum atomic E-state index is 13.4. The van der Waals surface area contributed by atoms with Crippen molar-refractivity contribution in [3.05, 3.63) is 94.9 Å². The standard InChI is InChI=1S/C24H19ClN6O2/c1-14-20(23(33)28-18-5-3-11-26-13-18)21(15-7-9-17(25)10-8-15)31-24(27-14)29-22(30-31)16-4-2-6-19(32)12-16/h2-13,21,32H,1H3,(H,28,33)(H,27,29,30). The van der Waals surface area contributed by atoms with E-state index >= 15 is 0 Å². The molecule has 4 aromatic rings. The van der Waals surface area contributed by atoms with Crippen molar-refractivity contribution in [2.75, 3.05) is 10.6 Å². The van der Waals surface area contributed by atoms with Gasteiger partial charge in [0.25, 0.3) is 5.91 Å². The topological polar surface area (TPSA) is 105 Å². The van der Waals surface area contributed by atoms with Gasteiger partial charge in [-0.15, -0.1) is 5.10 Å². The lowest BCUT2D eigenvalue weighted by Gasteiger charge is -2.28. The van der Waals surface area contributed by atoms with E-state index in [2.05, 4.69) is 25.7 Å². The fourth-order valence-electron chi connectivity index (χ4n) is 3.80. The third-order valence-corrected chi connectivity index (χ3v) is 5.56. The highest BCUT2D eigenvalue weighted by Gasteiger charge is 2.34. The summed E-state index contributed by atoms with van der Waals surface area (Å²) >= 11 is 6.12. The summed E-state index contributed by atoms with van der Waals surface area (Å²) in [6, 6.07) is 17.0. The lowest BCUT2D eigenvalue weighted by Crippen LogP contribution is -2.31. The highest BCUT2D eigenvalue weighted by atomic mass is 35.5. The van der Waals surface area contributed by atoms with E-state index in [-0.39, 0.29) is 11.7 Å². The van der Waals surface area contributed by atoms with Crippen LogP contribution in [0.2, 0.25) is 5.02 Å². The van der Waals surface area contributed by atoms with Crippen LogP contribution in [0.5, 0.6) is 5.75 Å². The van der Waals surface area contributed by atoms with Crippen LogP contribution in [0.1, 0.15) is 18.5 Å². The third kappa shape index (κ3) is 4.04. The Kier molecular flexibility index (Phi) is 5.27.